The van der Waals surface area contributed by atoms with E-state index in [1.807, 2.05) is 31.2 Å². The average Bonchev–Trinajstić information content (AvgIpc) is 2.41. The minimum Gasteiger partial charge on any atom is -0.399 e. The summed E-state index contributed by atoms with van der Waals surface area (Å²) >= 11 is 1.47. The summed E-state index contributed by atoms with van der Waals surface area (Å²) in [6, 6.07) is 11.9. The Balaban J connectivity index is 2.09. The molecule has 0 aromatic heterocycles. The fraction of sp³-hybridized carbons (Fsp3) is 0.250. The number of hydrogen-bond acceptors (Lipinski definition) is 2. The van der Waals surface area contributed by atoms with Gasteiger partial charge in [0.1, 0.15) is 0 Å². The van der Waals surface area contributed by atoms with Gasteiger partial charge < -0.3 is 5.73 Å². The van der Waals surface area contributed by atoms with Gasteiger partial charge in [0.2, 0.25) is 0 Å². The first-order chi connectivity index (χ1) is 9.88. The molecule has 1 nitrogen and oxygen atoms in total. The molecular formula is C16H16F3NS. The van der Waals surface area contributed by atoms with E-state index < -0.39 is 11.7 Å². The summed E-state index contributed by atoms with van der Waals surface area (Å²) < 4.78 is 38.9. The standard InChI is InChI=1S/C16H16F3NS/c1-11-4-2-3-5-12(11)9-21-10-13-6-7-14(20)8-15(13)16(17,18)19/h2-8H,9-10,20H2,1H3. The number of anilines is 1. The van der Waals surface area contributed by atoms with Crippen molar-refractivity contribution in [2.45, 2.75) is 24.6 Å². The van der Waals surface area contributed by atoms with Gasteiger partial charge >= 0.3 is 6.18 Å². The van der Waals surface area contributed by atoms with Crippen molar-refractivity contribution in [3.63, 3.8) is 0 Å². The zero-order valence-corrected chi connectivity index (χ0v) is 12.4. The van der Waals surface area contributed by atoms with E-state index in [0.717, 1.165) is 17.2 Å². The SMILES string of the molecule is Cc1ccccc1CSCc1ccc(N)cc1C(F)(F)F. The number of nitrogens with two attached hydrogens (primary N) is 1. The summed E-state index contributed by atoms with van der Waals surface area (Å²) in [7, 11) is 0. The Labute approximate surface area is 126 Å². The van der Waals surface area contributed by atoms with Crippen LogP contribution in [0.5, 0.6) is 0 Å². The number of hydrogen-bond donors (Lipinski definition) is 1. The number of nitrogen functional groups attached to an aromatic ring is 1. The van der Waals surface area contributed by atoms with Crippen molar-refractivity contribution in [3.05, 3.63) is 64.7 Å². The summed E-state index contributed by atoms with van der Waals surface area (Å²) in [5.74, 6) is 0.998. The maximum Gasteiger partial charge on any atom is 0.416 e. The fourth-order valence-corrected chi connectivity index (χ4v) is 3.14. The molecule has 2 N–H and O–H groups in total. The predicted molar refractivity (Wildman–Crippen MR) is 82.0 cm³/mol. The summed E-state index contributed by atoms with van der Waals surface area (Å²) in [5.41, 5.74) is 7.52. The third-order valence-corrected chi connectivity index (χ3v) is 4.25. The molecule has 2 aromatic carbocycles. The minimum atomic E-state index is -4.37. The Hall–Kier alpha value is -1.62. The molecule has 0 heterocycles. The second-order valence-electron chi connectivity index (χ2n) is 4.83. The van der Waals surface area contributed by atoms with E-state index in [1.165, 1.54) is 23.9 Å². The Morgan fingerprint density at radius 3 is 2.33 bits per heavy atom. The number of thioether (sulfide) groups is 1. The van der Waals surface area contributed by atoms with E-state index in [9.17, 15) is 13.2 Å². The molecule has 2 rings (SSSR count). The van der Waals surface area contributed by atoms with E-state index in [1.54, 1.807) is 0 Å². The van der Waals surface area contributed by atoms with Crippen LogP contribution in [-0.4, -0.2) is 0 Å². The van der Waals surface area contributed by atoms with Crippen molar-refractivity contribution in [1.82, 2.24) is 0 Å². The van der Waals surface area contributed by atoms with Crippen LogP contribution in [0.1, 0.15) is 22.3 Å². The van der Waals surface area contributed by atoms with Crippen molar-refractivity contribution in [2.24, 2.45) is 0 Å². The third-order valence-electron chi connectivity index (χ3n) is 3.22. The van der Waals surface area contributed by atoms with Crippen LogP contribution in [0.2, 0.25) is 0 Å². The highest BCUT2D eigenvalue weighted by Crippen LogP contribution is 2.35. The van der Waals surface area contributed by atoms with E-state index >= 15 is 0 Å². The molecule has 0 unspecified atom stereocenters. The summed E-state index contributed by atoms with van der Waals surface area (Å²) in [6.45, 7) is 2.00. The van der Waals surface area contributed by atoms with Gasteiger partial charge in [-0.15, -0.1) is 0 Å². The Morgan fingerprint density at radius 1 is 1.00 bits per heavy atom. The maximum atomic E-state index is 13.0. The van der Waals surface area contributed by atoms with Gasteiger partial charge in [0.15, 0.2) is 0 Å². The molecule has 112 valence electrons. The molecule has 21 heavy (non-hydrogen) atoms. The summed E-state index contributed by atoms with van der Waals surface area (Å²) in [4.78, 5) is 0. The maximum absolute atomic E-state index is 13.0. The highest BCUT2D eigenvalue weighted by atomic mass is 32.2. The summed E-state index contributed by atoms with van der Waals surface area (Å²) in [5, 5.41) is 0. The highest BCUT2D eigenvalue weighted by molar-refractivity contribution is 7.97. The fourth-order valence-electron chi connectivity index (χ4n) is 2.03. The Bertz CT molecular complexity index is 623. The first-order valence-electron chi connectivity index (χ1n) is 6.46. The van der Waals surface area contributed by atoms with Crippen molar-refractivity contribution >= 4 is 17.4 Å². The van der Waals surface area contributed by atoms with E-state index in [2.05, 4.69) is 0 Å². The lowest BCUT2D eigenvalue weighted by atomic mass is 10.1. The normalized spacial score (nSPS) is 11.6. The van der Waals surface area contributed by atoms with Gasteiger partial charge in [-0.1, -0.05) is 30.3 Å². The molecule has 0 saturated carbocycles. The quantitative estimate of drug-likeness (QED) is 0.801. The van der Waals surface area contributed by atoms with Gasteiger partial charge in [0.05, 0.1) is 5.56 Å². The molecule has 0 bridgehead atoms. The van der Waals surface area contributed by atoms with Crippen molar-refractivity contribution in [3.8, 4) is 0 Å². The lowest BCUT2D eigenvalue weighted by Gasteiger charge is -2.13. The van der Waals surface area contributed by atoms with Crippen molar-refractivity contribution in [1.29, 1.82) is 0 Å². The molecule has 5 heteroatoms. The first kappa shape index (κ1) is 15.8. The lowest BCUT2D eigenvalue weighted by Crippen LogP contribution is -2.09. The van der Waals surface area contributed by atoms with Gasteiger partial charge in [-0.05, 0) is 35.7 Å². The largest absolute Gasteiger partial charge is 0.416 e. The molecule has 0 atom stereocenters. The predicted octanol–water partition coefficient (Wildman–Crippen LogP) is 5.03. The zero-order chi connectivity index (χ0) is 15.5. The van der Waals surface area contributed by atoms with Gasteiger partial charge in [0, 0.05) is 17.2 Å². The van der Waals surface area contributed by atoms with Gasteiger partial charge in [0.25, 0.3) is 0 Å². The highest BCUT2D eigenvalue weighted by Gasteiger charge is 2.33. The zero-order valence-electron chi connectivity index (χ0n) is 11.6. The van der Waals surface area contributed by atoms with Gasteiger partial charge in [-0.25, -0.2) is 0 Å². The number of rotatable bonds is 4. The molecule has 0 aliphatic heterocycles. The minimum absolute atomic E-state index is 0.134. The van der Waals surface area contributed by atoms with E-state index in [0.29, 0.717) is 11.5 Å². The Kier molecular flexibility index (Phi) is 4.83. The Morgan fingerprint density at radius 2 is 1.67 bits per heavy atom. The third kappa shape index (κ3) is 4.17. The summed E-state index contributed by atoms with van der Waals surface area (Å²) in [6.07, 6.45) is -4.37. The number of alkyl halides is 3. The number of benzene rings is 2. The van der Waals surface area contributed by atoms with Crippen LogP contribution in [0.15, 0.2) is 42.5 Å². The molecule has 0 spiro atoms. The molecule has 0 aliphatic rings. The van der Waals surface area contributed by atoms with Crippen LogP contribution in [0, 0.1) is 6.92 Å². The van der Waals surface area contributed by atoms with Crippen LogP contribution in [0.3, 0.4) is 0 Å². The van der Waals surface area contributed by atoms with Gasteiger partial charge in [-0.2, -0.15) is 24.9 Å². The molecule has 0 radical (unpaired) electrons. The van der Waals surface area contributed by atoms with Crippen LogP contribution in [0.25, 0.3) is 0 Å². The van der Waals surface area contributed by atoms with Crippen molar-refractivity contribution < 1.29 is 13.2 Å². The second kappa shape index (κ2) is 6.43. The lowest BCUT2D eigenvalue weighted by molar-refractivity contribution is -0.138. The molecule has 0 fully saturated rings. The van der Waals surface area contributed by atoms with Crippen LogP contribution in [-0.2, 0) is 17.7 Å². The topological polar surface area (TPSA) is 26.0 Å². The number of aryl methyl sites for hydroxylation is 1. The average molecular weight is 311 g/mol. The first-order valence-corrected chi connectivity index (χ1v) is 7.61. The van der Waals surface area contributed by atoms with E-state index in [4.69, 9.17) is 5.73 Å². The molecule has 0 saturated heterocycles. The van der Waals surface area contributed by atoms with Crippen LogP contribution in [0.4, 0.5) is 18.9 Å². The molecule has 2 aromatic rings. The monoisotopic (exact) mass is 311 g/mol. The molecule has 0 amide bonds. The number of halogens is 3. The molecular weight excluding hydrogens is 295 g/mol. The van der Waals surface area contributed by atoms with Crippen LogP contribution < -0.4 is 5.73 Å². The molecule has 0 aliphatic carbocycles. The van der Waals surface area contributed by atoms with E-state index in [-0.39, 0.29) is 11.3 Å². The van der Waals surface area contributed by atoms with Crippen molar-refractivity contribution in [2.75, 3.05) is 5.73 Å². The van der Waals surface area contributed by atoms with Gasteiger partial charge in [-0.3, -0.25) is 0 Å². The second-order valence-corrected chi connectivity index (χ2v) is 5.82. The van der Waals surface area contributed by atoms with Crippen LogP contribution >= 0.6 is 11.8 Å². The smallest absolute Gasteiger partial charge is 0.399 e.